The summed E-state index contributed by atoms with van der Waals surface area (Å²) in [6, 6.07) is 2.59. The van der Waals surface area contributed by atoms with E-state index in [1.165, 1.54) is 12.1 Å². The van der Waals surface area contributed by atoms with Crippen molar-refractivity contribution in [1.82, 2.24) is 0 Å². The molecule has 23 heavy (non-hydrogen) atoms. The van der Waals surface area contributed by atoms with Crippen LogP contribution in [0.2, 0.25) is 0 Å². The molecular formula is C15H16O6S2. The van der Waals surface area contributed by atoms with E-state index in [4.69, 9.17) is 19.0 Å². The predicted molar refractivity (Wildman–Crippen MR) is 90.2 cm³/mol. The Kier molecular flexibility index (Phi) is 6.66. The van der Waals surface area contributed by atoms with Gasteiger partial charge in [-0.3, -0.25) is 9.59 Å². The van der Waals surface area contributed by atoms with Crippen LogP contribution in [0.25, 0.3) is 0 Å². The largest absolute Gasteiger partial charge is 0.502 e. The molecule has 0 unspecified atom stereocenters. The summed E-state index contributed by atoms with van der Waals surface area (Å²) < 4.78 is 10.2. The summed E-state index contributed by atoms with van der Waals surface area (Å²) in [6.07, 6.45) is 3.07. The van der Waals surface area contributed by atoms with Crippen molar-refractivity contribution in [3.63, 3.8) is 0 Å². The Hall–Kier alpha value is -1.80. The highest BCUT2D eigenvalue weighted by atomic mass is 32.2. The third kappa shape index (κ3) is 5.72. The van der Waals surface area contributed by atoms with Gasteiger partial charge in [-0.2, -0.15) is 23.5 Å². The molecule has 2 rings (SSSR count). The van der Waals surface area contributed by atoms with Crippen molar-refractivity contribution in [2.45, 2.75) is 17.9 Å². The van der Waals surface area contributed by atoms with Crippen LogP contribution in [0.3, 0.4) is 0 Å². The van der Waals surface area contributed by atoms with Gasteiger partial charge >= 0.3 is 0 Å². The molecule has 0 radical (unpaired) electrons. The van der Waals surface area contributed by atoms with Crippen LogP contribution < -0.4 is 10.9 Å². The van der Waals surface area contributed by atoms with Crippen LogP contribution in [0, 0.1) is 0 Å². The molecule has 0 saturated carbocycles. The minimum absolute atomic E-state index is 0.379. The van der Waals surface area contributed by atoms with Gasteiger partial charge in [-0.1, -0.05) is 0 Å². The van der Waals surface area contributed by atoms with Crippen LogP contribution in [-0.4, -0.2) is 21.7 Å². The molecule has 8 heteroatoms. The van der Waals surface area contributed by atoms with Crippen LogP contribution in [-0.2, 0) is 11.5 Å². The SMILES string of the molecule is O=c1cc(CSCCCSCc2cc(=O)c(O)co2)occ1O. The van der Waals surface area contributed by atoms with E-state index in [2.05, 4.69) is 0 Å². The van der Waals surface area contributed by atoms with Crippen molar-refractivity contribution in [2.24, 2.45) is 0 Å². The number of hydrogen-bond donors (Lipinski definition) is 2. The number of thioether (sulfide) groups is 2. The molecule has 0 aromatic carbocycles. The van der Waals surface area contributed by atoms with Gasteiger partial charge in [0.1, 0.15) is 24.0 Å². The van der Waals surface area contributed by atoms with Crippen molar-refractivity contribution in [2.75, 3.05) is 11.5 Å². The molecule has 0 aliphatic carbocycles. The molecule has 0 aliphatic rings. The molecule has 2 heterocycles. The third-order valence-electron chi connectivity index (χ3n) is 2.80. The average molecular weight is 356 g/mol. The van der Waals surface area contributed by atoms with Crippen molar-refractivity contribution in [1.29, 1.82) is 0 Å². The molecule has 0 aliphatic heterocycles. The van der Waals surface area contributed by atoms with Crippen molar-refractivity contribution in [3.8, 4) is 11.5 Å². The first-order valence-corrected chi connectivity index (χ1v) is 9.14. The highest BCUT2D eigenvalue weighted by Crippen LogP contribution is 2.17. The zero-order valence-electron chi connectivity index (χ0n) is 12.2. The zero-order chi connectivity index (χ0) is 16.7. The van der Waals surface area contributed by atoms with Crippen molar-refractivity contribution < 1.29 is 19.0 Å². The molecular weight excluding hydrogens is 340 g/mol. The zero-order valence-corrected chi connectivity index (χ0v) is 13.8. The van der Waals surface area contributed by atoms with Crippen LogP contribution >= 0.6 is 23.5 Å². The summed E-state index contributed by atoms with van der Waals surface area (Å²) >= 11 is 3.27. The second kappa shape index (κ2) is 8.73. The van der Waals surface area contributed by atoms with Gasteiger partial charge in [-0.15, -0.1) is 0 Å². The topological polar surface area (TPSA) is 101 Å². The van der Waals surface area contributed by atoms with Gasteiger partial charge in [-0.25, -0.2) is 0 Å². The fraction of sp³-hybridized carbons (Fsp3) is 0.333. The lowest BCUT2D eigenvalue weighted by atomic mass is 10.4. The molecule has 0 saturated heterocycles. The first kappa shape index (κ1) is 17.6. The van der Waals surface area contributed by atoms with Crippen LogP contribution in [0.4, 0.5) is 0 Å². The summed E-state index contributed by atoms with van der Waals surface area (Å²) in [5, 5.41) is 18.2. The molecule has 2 N–H and O–H groups in total. The van der Waals surface area contributed by atoms with Gasteiger partial charge in [0.25, 0.3) is 0 Å². The fourth-order valence-corrected chi connectivity index (χ4v) is 3.52. The van der Waals surface area contributed by atoms with E-state index in [1.807, 2.05) is 0 Å². The van der Waals surface area contributed by atoms with E-state index in [0.29, 0.717) is 23.0 Å². The Labute approximate surface area is 140 Å². The van der Waals surface area contributed by atoms with Gasteiger partial charge in [0, 0.05) is 12.1 Å². The molecule has 0 spiro atoms. The van der Waals surface area contributed by atoms with E-state index >= 15 is 0 Å². The van der Waals surface area contributed by atoms with Gasteiger partial charge in [-0.05, 0) is 17.9 Å². The van der Waals surface area contributed by atoms with E-state index < -0.39 is 10.9 Å². The Morgan fingerprint density at radius 2 is 1.26 bits per heavy atom. The Morgan fingerprint density at radius 1 is 0.826 bits per heavy atom. The third-order valence-corrected chi connectivity index (χ3v) is 4.93. The Morgan fingerprint density at radius 3 is 1.65 bits per heavy atom. The lowest BCUT2D eigenvalue weighted by Gasteiger charge is -2.02. The quantitative estimate of drug-likeness (QED) is 0.696. The number of hydrogen-bond acceptors (Lipinski definition) is 8. The van der Waals surface area contributed by atoms with Crippen molar-refractivity contribution in [3.05, 3.63) is 56.6 Å². The monoisotopic (exact) mass is 356 g/mol. The fourth-order valence-electron chi connectivity index (χ4n) is 1.65. The summed E-state index contributed by atoms with van der Waals surface area (Å²) in [5.74, 6) is 3.27. The minimum atomic E-state index is -0.433. The first-order chi connectivity index (χ1) is 11.1. The maximum absolute atomic E-state index is 11.2. The lowest BCUT2D eigenvalue weighted by molar-refractivity contribution is 0.419. The first-order valence-electron chi connectivity index (χ1n) is 6.83. The molecule has 124 valence electrons. The number of rotatable bonds is 8. The van der Waals surface area contributed by atoms with E-state index in [1.54, 1.807) is 23.5 Å². The van der Waals surface area contributed by atoms with Crippen LogP contribution in [0.15, 0.2) is 43.1 Å². The normalized spacial score (nSPS) is 10.8. The van der Waals surface area contributed by atoms with Gasteiger partial charge in [0.2, 0.25) is 10.9 Å². The molecule has 0 bridgehead atoms. The summed E-state index contributed by atoms with van der Waals surface area (Å²) in [7, 11) is 0. The summed E-state index contributed by atoms with van der Waals surface area (Å²) in [5.41, 5.74) is -0.865. The maximum atomic E-state index is 11.2. The number of aromatic hydroxyl groups is 2. The average Bonchev–Trinajstić information content (AvgIpc) is 2.53. The predicted octanol–water partition coefficient (Wildman–Crippen LogP) is 2.56. The standard InChI is InChI=1S/C15H16O6S2/c16-12-4-10(20-6-14(12)18)8-22-2-1-3-23-9-11-5-13(17)15(19)7-21-11/h4-7,18-19H,1-3,8-9H2. The summed E-state index contributed by atoms with van der Waals surface area (Å²) in [6.45, 7) is 0. The second-order valence-electron chi connectivity index (χ2n) is 4.65. The minimum Gasteiger partial charge on any atom is -0.502 e. The Bertz CT molecular complexity index is 689. The molecule has 0 fully saturated rings. The van der Waals surface area contributed by atoms with Crippen LogP contribution in [0.1, 0.15) is 17.9 Å². The highest BCUT2D eigenvalue weighted by Gasteiger charge is 2.03. The maximum Gasteiger partial charge on any atom is 0.226 e. The van der Waals surface area contributed by atoms with E-state index in [9.17, 15) is 9.59 Å². The smallest absolute Gasteiger partial charge is 0.226 e. The molecule has 0 amide bonds. The summed E-state index contributed by atoms with van der Waals surface area (Å²) in [4.78, 5) is 22.4. The molecule has 6 nitrogen and oxygen atoms in total. The van der Waals surface area contributed by atoms with Gasteiger partial charge in [0.15, 0.2) is 11.5 Å². The van der Waals surface area contributed by atoms with Gasteiger partial charge < -0.3 is 19.0 Å². The Balaban J connectivity index is 1.60. The highest BCUT2D eigenvalue weighted by molar-refractivity contribution is 7.99. The molecule has 2 aromatic heterocycles. The van der Waals surface area contributed by atoms with E-state index in [-0.39, 0.29) is 11.5 Å². The van der Waals surface area contributed by atoms with Crippen molar-refractivity contribution >= 4 is 23.5 Å². The molecule has 2 aromatic rings. The lowest BCUT2D eigenvalue weighted by Crippen LogP contribution is -1.99. The van der Waals surface area contributed by atoms with Gasteiger partial charge in [0.05, 0.1) is 11.5 Å². The van der Waals surface area contributed by atoms with Crippen LogP contribution in [0.5, 0.6) is 11.5 Å². The molecule has 0 atom stereocenters. The second-order valence-corrected chi connectivity index (χ2v) is 6.86. The van der Waals surface area contributed by atoms with E-state index in [0.717, 1.165) is 30.5 Å².